The van der Waals surface area contributed by atoms with E-state index in [2.05, 4.69) is 5.32 Å². The maximum absolute atomic E-state index is 14.0. The minimum atomic E-state index is -1.25. The highest BCUT2D eigenvalue weighted by Gasteiger charge is 2.17. The summed E-state index contributed by atoms with van der Waals surface area (Å²) in [6.07, 6.45) is 1.12. The number of ether oxygens (including phenoxy) is 5. The third kappa shape index (κ3) is 18.4. The van der Waals surface area contributed by atoms with E-state index in [0.29, 0.717) is 52.7 Å². The van der Waals surface area contributed by atoms with Crippen molar-refractivity contribution in [1.82, 2.24) is 5.32 Å². The van der Waals surface area contributed by atoms with E-state index in [-0.39, 0.29) is 37.4 Å². The number of hydrogen-bond acceptors (Lipinski definition) is 7. The van der Waals surface area contributed by atoms with Crippen molar-refractivity contribution in [3.05, 3.63) is 0 Å². The number of rotatable bonds is 23. The van der Waals surface area contributed by atoms with E-state index < -0.39 is 12.3 Å². The average molecular weight is 466 g/mol. The summed E-state index contributed by atoms with van der Waals surface area (Å²) in [7, 11) is 0. The van der Waals surface area contributed by atoms with Gasteiger partial charge in [0.1, 0.15) is 12.8 Å². The van der Waals surface area contributed by atoms with E-state index >= 15 is 0 Å². The van der Waals surface area contributed by atoms with Gasteiger partial charge in [-0.2, -0.15) is 0 Å². The fraction of sp³-hybridized carbons (Fsp3) is 0.913. The molecule has 0 aromatic carbocycles. The van der Waals surface area contributed by atoms with E-state index in [4.69, 9.17) is 23.7 Å². The van der Waals surface area contributed by atoms with Crippen LogP contribution in [0.1, 0.15) is 53.4 Å². The second kappa shape index (κ2) is 21.7. The third-order valence-electron chi connectivity index (χ3n) is 4.89. The summed E-state index contributed by atoms with van der Waals surface area (Å²) in [5, 5.41) is 2.59. The number of carbonyl (C=O) groups is 2. The first-order valence-electron chi connectivity index (χ1n) is 11.8. The fourth-order valence-electron chi connectivity index (χ4n) is 2.40. The van der Waals surface area contributed by atoms with Crippen molar-refractivity contribution < 1.29 is 37.7 Å². The van der Waals surface area contributed by atoms with Gasteiger partial charge < -0.3 is 29.0 Å². The van der Waals surface area contributed by atoms with Crippen molar-refractivity contribution in [3.63, 3.8) is 0 Å². The van der Waals surface area contributed by atoms with Gasteiger partial charge in [-0.15, -0.1) is 0 Å². The Morgan fingerprint density at radius 2 is 1.38 bits per heavy atom. The predicted molar refractivity (Wildman–Crippen MR) is 121 cm³/mol. The molecule has 0 aliphatic rings. The average Bonchev–Trinajstić information content (AvgIpc) is 2.80. The van der Waals surface area contributed by atoms with Crippen molar-refractivity contribution >= 4 is 11.7 Å². The highest BCUT2D eigenvalue weighted by Crippen LogP contribution is 2.04. The molecule has 3 atom stereocenters. The standard InChI is InChI=1S/C23H44FNO7/c1-5-7-8-23(27)25-17-21(24)20(4)32-16-15-30-12-11-28-9-10-29-13-14-31-18-22(26)19(3)6-2/h19-21H,5-18H2,1-4H3,(H,25,27). The Hall–Kier alpha value is -1.13. The summed E-state index contributed by atoms with van der Waals surface area (Å²) >= 11 is 0. The highest BCUT2D eigenvalue weighted by atomic mass is 19.1. The summed E-state index contributed by atoms with van der Waals surface area (Å²) in [5.41, 5.74) is 0. The van der Waals surface area contributed by atoms with Crippen LogP contribution in [0.5, 0.6) is 0 Å². The maximum atomic E-state index is 14.0. The van der Waals surface area contributed by atoms with E-state index in [1.165, 1.54) is 0 Å². The third-order valence-corrected chi connectivity index (χ3v) is 4.89. The fourth-order valence-corrected chi connectivity index (χ4v) is 2.40. The molecular weight excluding hydrogens is 421 g/mol. The van der Waals surface area contributed by atoms with Crippen LogP contribution in [0.25, 0.3) is 0 Å². The monoisotopic (exact) mass is 465 g/mol. The van der Waals surface area contributed by atoms with Gasteiger partial charge in [0, 0.05) is 12.3 Å². The van der Waals surface area contributed by atoms with Gasteiger partial charge in [0.25, 0.3) is 0 Å². The van der Waals surface area contributed by atoms with Gasteiger partial charge >= 0.3 is 0 Å². The maximum Gasteiger partial charge on any atom is 0.220 e. The minimum absolute atomic E-state index is 0.0384. The molecule has 0 aliphatic carbocycles. The molecule has 0 saturated heterocycles. The summed E-state index contributed by atoms with van der Waals surface area (Å²) in [6, 6.07) is 0. The summed E-state index contributed by atoms with van der Waals surface area (Å²) < 4.78 is 40.8. The largest absolute Gasteiger partial charge is 0.377 e. The SMILES string of the molecule is CCCCC(=O)NCC(F)C(C)OCCOCCOCCOCCOCC(=O)C(C)CC. The van der Waals surface area contributed by atoms with Gasteiger partial charge in [0.2, 0.25) is 5.91 Å². The molecule has 0 aromatic rings. The first-order valence-corrected chi connectivity index (χ1v) is 11.8. The molecule has 0 rings (SSSR count). The van der Waals surface area contributed by atoms with Gasteiger partial charge in [-0.05, 0) is 19.8 Å². The smallest absolute Gasteiger partial charge is 0.220 e. The Labute approximate surface area is 192 Å². The Kier molecular flexibility index (Phi) is 20.9. The van der Waals surface area contributed by atoms with E-state index in [9.17, 15) is 14.0 Å². The summed E-state index contributed by atoms with van der Waals surface area (Å²) in [4.78, 5) is 23.1. The van der Waals surface area contributed by atoms with Crippen LogP contribution in [0.4, 0.5) is 4.39 Å². The second-order valence-electron chi connectivity index (χ2n) is 7.66. The normalized spacial score (nSPS) is 14.2. The zero-order valence-corrected chi connectivity index (χ0v) is 20.4. The molecule has 9 heteroatoms. The molecule has 8 nitrogen and oxygen atoms in total. The molecule has 0 saturated carbocycles. The number of amides is 1. The number of unbranched alkanes of at least 4 members (excludes halogenated alkanes) is 1. The number of ketones is 1. The minimum Gasteiger partial charge on any atom is -0.377 e. The van der Waals surface area contributed by atoms with Gasteiger partial charge in [0.15, 0.2) is 5.78 Å². The van der Waals surface area contributed by atoms with Crippen molar-refractivity contribution in [3.8, 4) is 0 Å². The molecule has 3 unspecified atom stereocenters. The van der Waals surface area contributed by atoms with Crippen LogP contribution in [-0.4, -0.2) is 90.0 Å². The topological polar surface area (TPSA) is 92.3 Å². The lowest BCUT2D eigenvalue weighted by Gasteiger charge is -2.18. The molecule has 1 N–H and O–H groups in total. The molecule has 0 bridgehead atoms. The molecular formula is C23H44FNO7. The lowest BCUT2D eigenvalue weighted by Crippen LogP contribution is -2.36. The number of halogens is 1. The zero-order chi connectivity index (χ0) is 24.0. The molecule has 0 aromatic heterocycles. The summed E-state index contributed by atoms with van der Waals surface area (Å²) in [5.74, 6) is 0.0281. The van der Waals surface area contributed by atoms with Crippen LogP contribution >= 0.6 is 0 Å². The van der Waals surface area contributed by atoms with Gasteiger partial charge in [-0.25, -0.2) is 4.39 Å². The highest BCUT2D eigenvalue weighted by molar-refractivity contribution is 5.81. The first-order chi connectivity index (χ1) is 15.4. The Bertz CT molecular complexity index is 468. The Balaban J connectivity index is 3.39. The molecule has 0 radical (unpaired) electrons. The van der Waals surface area contributed by atoms with Gasteiger partial charge in [-0.3, -0.25) is 9.59 Å². The van der Waals surface area contributed by atoms with Crippen LogP contribution < -0.4 is 5.32 Å². The molecule has 0 spiro atoms. The second-order valence-corrected chi connectivity index (χ2v) is 7.66. The van der Waals surface area contributed by atoms with Crippen molar-refractivity contribution in [2.45, 2.75) is 65.7 Å². The first kappa shape index (κ1) is 30.9. The molecule has 0 aliphatic heterocycles. The van der Waals surface area contributed by atoms with Crippen molar-refractivity contribution in [1.29, 1.82) is 0 Å². The van der Waals surface area contributed by atoms with Crippen LogP contribution in [0, 0.1) is 5.92 Å². The molecule has 1 amide bonds. The zero-order valence-electron chi connectivity index (χ0n) is 20.4. The Morgan fingerprint density at radius 3 is 1.91 bits per heavy atom. The number of Topliss-reactive ketones (excluding diaryl/α,β-unsaturated/α-hetero) is 1. The van der Waals surface area contributed by atoms with Crippen molar-refractivity contribution in [2.75, 3.05) is 66.0 Å². The van der Waals surface area contributed by atoms with Crippen molar-refractivity contribution in [2.24, 2.45) is 5.92 Å². The Morgan fingerprint density at radius 1 is 0.844 bits per heavy atom. The number of hydrogen-bond donors (Lipinski definition) is 1. The molecule has 0 fully saturated rings. The van der Waals surface area contributed by atoms with E-state index in [1.807, 2.05) is 20.8 Å². The molecule has 32 heavy (non-hydrogen) atoms. The molecule has 0 heterocycles. The number of alkyl halides is 1. The number of nitrogens with one attached hydrogen (secondary N) is 1. The summed E-state index contributed by atoms with van der Waals surface area (Å²) in [6.45, 7) is 10.7. The lowest BCUT2D eigenvalue weighted by molar-refractivity contribution is -0.127. The van der Waals surface area contributed by atoms with E-state index in [1.54, 1.807) is 6.92 Å². The van der Waals surface area contributed by atoms with Crippen LogP contribution in [0.15, 0.2) is 0 Å². The predicted octanol–water partition coefficient (Wildman–Crippen LogP) is 2.72. The number of carbonyl (C=O) groups excluding carboxylic acids is 2. The van der Waals surface area contributed by atoms with E-state index in [0.717, 1.165) is 19.3 Å². The van der Waals surface area contributed by atoms with Crippen LogP contribution in [0.3, 0.4) is 0 Å². The van der Waals surface area contributed by atoms with Gasteiger partial charge in [0.05, 0.1) is 65.5 Å². The van der Waals surface area contributed by atoms with Crippen LogP contribution in [-0.2, 0) is 33.3 Å². The molecule has 190 valence electrons. The van der Waals surface area contributed by atoms with Crippen LogP contribution in [0.2, 0.25) is 0 Å². The lowest BCUT2D eigenvalue weighted by atomic mass is 10.1. The van der Waals surface area contributed by atoms with Gasteiger partial charge in [-0.1, -0.05) is 27.2 Å². The quantitative estimate of drug-likeness (QED) is 0.232.